The zero-order valence-electron chi connectivity index (χ0n) is 19.5. The average molecular weight is 489 g/mol. The highest BCUT2D eigenvalue weighted by Crippen LogP contribution is 2.20. The predicted octanol–water partition coefficient (Wildman–Crippen LogP) is 2.82. The summed E-state index contributed by atoms with van der Waals surface area (Å²) >= 11 is 0. The van der Waals surface area contributed by atoms with Crippen molar-refractivity contribution in [3.05, 3.63) is 99.6 Å². The van der Waals surface area contributed by atoms with Crippen molar-refractivity contribution in [1.29, 1.82) is 0 Å². The molecule has 2 aromatic heterocycles. The lowest BCUT2D eigenvalue weighted by molar-refractivity contribution is -0.384. The molecule has 12 nitrogen and oxygen atoms in total. The Bertz CT molecular complexity index is 1410. The normalized spacial score (nSPS) is 10.6. The minimum Gasteiger partial charge on any atom is -0.489 e. The minimum absolute atomic E-state index is 0.0263. The number of amides is 2. The van der Waals surface area contributed by atoms with Crippen LogP contribution in [0.25, 0.3) is 0 Å². The fourth-order valence-electron chi connectivity index (χ4n) is 3.46. The van der Waals surface area contributed by atoms with E-state index < -0.39 is 10.8 Å². The first-order valence-electron chi connectivity index (χ1n) is 10.9. The molecule has 0 radical (unpaired) electrons. The minimum atomic E-state index is -0.482. The average Bonchev–Trinajstić information content (AvgIpc) is 3.46. The third-order valence-electron chi connectivity index (χ3n) is 5.26. The molecule has 0 saturated heterocycles. The lowest BCUT2D eigenvalue weighted by Gasteiger charge is -2.10. The van der Waals surface area contributed by atoms with Crippen molar-refractivity contribution in [2.24, 2.45) is 14.1 Å². The van der Waals surface area contributed by atoms with Gasteiger partial charge in [0, 0.05) is 50.1 Å². The van der Waals surface area contributed by atoms with Gasteiger partial charge in [0.25, 0.3) is 17.5 Å². The van der Waals surface area contributed by atoms with Gasteiger partial charge in [-0.3, -0.25) is 29.1 Å². The van der Waals surface area contributed by atoms with Crippen molar-refractivity contribution < 1.29 is 19.2 Å². The number of anilines is 1. The number of nitro groups is 1. The van der Waals surface area contributed by atoms with E-state index in [1.165, 1.54) is 35.1 Å². The Balaban J connectivity index is 1.39. The first kappa shape index (κ1) is 24.1. The van der Waals surface area contributed by atoms with E-state index in [4.69, 9.17) is 4.74 Å². The molecule has 0 saturated carbocycles. The van der Waals surface area contributed by atoms with E-state index in [0.717, 1.165) is 11.1 Å². The van der Waals surface area contributed by atoms with Crippen LogP contribution in [0.5, 0.6) is 5.75 Å². The predicted molar refractivity (Wildman–Crippen MR) is 129 cm³/mol. The van der Waals surface area contributed by atoms with Crippen molar-refractivity contribution in [1.82, 2.24) is 24.9 Å². The number of aryl methyl sites for hydroxylation is 2. The maximum Gasteiger partial charge on any atom is 0.271 e. The number of nitro benzene ring substituents is 1. The molecule has 184 valence electrons. The van der Waals surface area contributed by atoms with Crippen LogP contribution in [-0.2, 0) is 27.2 Å². The third kappa shape index (κ3) is 5.73. The standard InChI is InChI=1S/C24H23N7O5/c1-29-14-17(12-26-29)11-25-24(33)22-21(13-27-30(22)2)28-23(32)18-5-3-4-16(10-18)15-36-20-8-6-19(7-9-20)31(34)35/h3-10,12-14H,11,15H2,1-2H3,(H,25,33)(H,28,32). The fraction of sp³-hybridized carbons (Fsp3) is 0.167. The number of nitrogens with one attached hydrogen (secondary N) is 2. The van der Waals surface area contributed by atoms with Crippen LogP contribution in [0.4, 0.5) is 11.4 Å². The largest absolute Gasteiger partial charge is 0.489 e. The van der Waals surface area contributed by atoms with Gasteiger partial charge in [0.05, 0.1) is 23.0 Å². The van der Waals surface area contributed by atoms with Crippen LogP contribution in [0.1, 0.15) is 32.0 Å². The van der Waals surface area contributed by atoms with Gasteiger partial charge in [-0.2, -0.15) is 10.2 Å². The summed E-state index contributed by atoms with van der Waals surface area (Å²) in [6.45, 7) is 0.440. The highest BCUT2D eigenvalue weighted by molar-refractivity contribution is 6.08. The second-order valence-electron chi connectivity index (χ2n) is 7.93. The van der Waals surface area contributed by atoms with Gasteiger partial charge in [-0.25, -0.2) is 0 Å². The highest BCUT2D eigenvalue weighted by atomic mass is 16.6. The number of non-ortho nitro benzene ring substituents is 1. The molecule has 0 spiro atoms. The third-order valence-corrected chi connectivity index (χ3v) is 5.26. The maximum atomic E-state index is 12.9. The summed E-state index contributed by atoms with van der Waals surface area (Å²) in [4.78, 5) is 36.0. The molecule has 0 bridgehead atoms. The summed E-state index contributed by atoms with van der Waals surface area (Å²) in [6.07, 6.45) is 4.87. The molecular weight excluding hydrogens is 466 g/mol. The van der Waals surface area contributed by atoms with Gasteiger partial charge in [-0.1, -0.05) is 12.1 Å². The van der Waals surface area contributed by atoms with E-state index in [1.54, 1.807) is 55.4 Å². The molecule has 36 heavy (non-hydrogen) atoms. The van der Waals surface area contributed by atoms with Crippen molar-refractivity contribution >= 4 is 23.2 Å². The summed E-state index contributed by atoms with van der Waals surface area (Å²) in [5.74, 6) is -0.339. The number of aromatic nitrogens is 4. The van der Waals surface area contributed by atoms with Gasteiger partial charge in [0.1, 0.15) is 18.1 Å². The van der Waals surface area contributed by atoms with E-state index in [2.05, 4.69) is 20.8 Å². The molecule has 4 rings (SSSR count). The van der Waals surface area contributed by atoms with E-state index in [1.807, 2.05) is 0 Å². The van der Waals surface area contributed by atoms with Gasteiger partial charge in [0.15, 0.2) is 0 Å². The fourth-order valence-corrected chi connectivity index (χ4v) is 3.46. The molecule has 4 aromatic rings. The maximum absolute atomic E-state index is 12.9. The number of hydrogen-bond donors (Lipinski definition) is 2. The van der Waals surface area contributed by atoms with Crippen LogP contribution in [0.15, 0.2) is 67.1 Å². The number of ether oxygens (including phenoxy) is 1. The van der Waals surface area contributed by atoms with Gasteiger partial charge in [0.2, 0.25) is 0 Å². The van der Waals surface area contributed by atoms with Gasteiger partial charge >= 0.3 is 0 Å². The Morgan fingerprint density at radius 2 is 1.81 bits per heavy atom. The first-order chi connectivity index (χ1) is 17.3. The Kier molecular flexibility index (Phi) is 7.04. The SMILES string of the molecule is Cn1cc(CNC(=O)c2c(NC(=O)c3cccc(COc4ccc([N+](=O)[O-])cc4)c3)cnn2C)cn1. The highest BCUT2D eigenvalue weighted by Gasteiger charge is 2.19. The van der Waals surface area contributed by atoms with Gasteiger partial charge in [-0.15, -0.1) is 0 Å². The monoisotopic (exact) mass is 489 g/mol. The zero-order chi connectivity index (χ0) is 25.7. The number of nitrogens with zero attached hydrogens (tertiary/aromatic N) is 5. The van der Waals surface area contributed by atoms with Crippen molar-refractivity contribution in [2.45, 2.75) is 13.2 Å². The van der Waals surface area contributed by atoms with Crippen LogP contribution in [0.3, 0.4) is 0 Å². The van der Waals surface area contributed by atoms with E-state index in [9.17, 15) is 19.7 Å². The lowest BCUT2D eigenvalue weighted by Crippen LogP contribution is -2.26. The van der Waals surface area contributed by atoms with Gasteiger partial charge < -0.3 is 15.4 Å². The Morgan fingerprint density at radius 1 is 1.03 bits per heavy atom. The molecule has 0 fully saturated rings. The second kappa shape index (κ2) is 10.5. The molecule has 0 aliphatic carbocycles. The van der Waals surface area contributed by atoms with E-state index in [-0.39, 0.29) is 36.1 Å². The van der Waals surface area contributed by atoms with Gasteiger partial charge in [-0.05, 0) is 29.8 Å². The topological polar surface area (TPSA) is 146 Å². The molecule has 0 aliphatic heterocycles. The van der Waals surface area contributed by atoms with Crippen LogP contribution in [0, 0.1) is 10.1 Å². The quantitative estimate of drug-likeness (QED) is 0.271. The number of carbonyl (C=O) groups excluding carboxylic acids is 2. The number of hydrogen-bond acceptors (Lipinski definition) is 7. The number of rotatable bonds is 9. The Labute approximate surface area is 205 Å². The number of benzene rings is 2. The van der Waals surface area contributed by atoms with Crippen molar-refractivity contribution in [3.8, 4) is 5.75 Å². The summed E-state index contributed by atoms with van der Waals surface area (Å²) in [5.41, 5.74) is 2.39. The zero-order valence-corrected chi connectivity index (χ0v) is 19.5. The van der Waals surface area contributed by atoms with Crippen LogP contribution < -0.4 is 15.4 Å². The van der Waals surface area contributed by atoms with Crippen molar-refractivity contribution in [3.63, 3.8) is 0 Å². The van der Waals surface area contributed by atoms with Crippen molar-refractivity contribution in [2.75, 3.05) is 5.32 Å². The Morgan fingerprint density at radius 3 is 2.50 bits per heavy atom. The number of carbonyl (C=O) groups is 2. The summed E-state index contributed by atoms with van der Waals surface area (Å²) < 4.78 is 8.70. The van der Waals surface area contributed by atoms with Crippen LogP contribution in [0.2, 0.25) is 0 Å². The molecule has 0 unspecified atom stereocenters. The molecule has 2 N–H and O–H groups in total. The smallest absolute Gasteiger partial charge is 0.271 e. The van der Waals surface area contributed by atoms with E-state index >= 15 is 0 Å². The Hall–Kier alpha value is -5.00. The summed E-state index contributed by atoms with van der Waals surface area (Å²) in [6, 6.07) is 12.6. The van der Waals surface area contributed by atoms with E-state index in [0.29, 0.717) is 11.3 Å². The molecule has 12 heteroatoms. The lowest BCUT2D eigenvalue weighted by atomic mass is 10.1. The molecule has 0 atom stereocenters. The molecular formula is C24H23N7O5. The molecule has 2 heterocycles. The molecule has 2 amide bonds. The first-order valence-corrected chi connectivity index (χ1v) is 10.9. The summed E-state index contributed by atoms with van der Waals surface area (Å²) in [5, 5.41) is 24.5. The van der Waals surface area contributed by atoms with Crippen LogP contribution >= 0.6 is 0 Å². The van der Waals surface area contributed by atoms with Crippen LogP contribution in [-0.4, -0.2) is 36.3 Å². The summed E-state index contributed by atoms with van der Waals surface area (Å²) in [7, 11) is 3.40. The molecule has 0 aliphatic rings. The molecule has 2 aromatic carbocycles. The second-order valence-corrected chi connectivity index (χ2v) is 7.93.